The van der Waals surface area contributed by atoms with Gasteiger partial charge in [-0.15, -0.1) is 0 Å². The number of hydrogen-bond donors (Lipinski definition) is 2. The van der Waals surface area contributed by atoms with Gasteiger partial charge in [0.1, 0.15) is 5.78 Å². The minimum Gasteiger partial charge on any atom is -0.393 e. The first-order chi connectivity index (χ1) is 11.3. The molecule has 4 aliphatic carbocycles. The largest absolute Gasteiger partial charge is 0.393 e. The average molecular weight is 335 g/mol. The lowest BCUT2D eigenvalue weighted by molar-refractivity contribution is -0.178. The molecular formula is C21H34O3. The van der Waals surface area contributed by atoms with Gasteiger partial charge in [-0.3, -0.25) is 4.79 Å². The van der Waals surface area contributed by atoms with Crippen LogP contribution >= 0.6 is 0 Å². The molecule has 0 aliphatic heterocycles. The van der Waals surface area contributed by atoms with Crippen LogP contribution in [-0.2, 0) is 4.79 Å². The Balaban J connectivity index is 1.67. The van der Waals surface area contributed by atoms with Crippen molar-refractivity contribution < 1.29 is 15.0 Å². The van der Waals surface area contributed by atoms with Gasteiger partial charge in [-0.25, -0.2) is 0 Å². The van der Waals surface area contributed by atoms with Crippen LogP contribution in [0, 0.1) is 40.4 Å². The normalized spacial score (nSPS) is 57.0. The zero-order chi connectivity index (χ0) is 17.3. The first kappa shape index (κ1) is 17.0. The van der Waals surface area contributed by atoms with Crippen molar-refractivity contribution in [2.45, 2.75) is 84.3 Å². The number of aliphatic hydroxyl groups is 2. The Morgan fingerprint density at radius 3 is 2.46 bits per heavy atom. The van der Waals surface area contributed by atoms with Crippen molar-refractivity contribution in [2.24, 2.45) is 40.4 Å². The molecule has 0 radical (unpaired) electrons. The fourth-order valence-corrected chi connectivity index (χ4v) is 8.03. The molecule has 9 atom stereocenters. The van der Waals surface area contributed by atoms with E-state index in [0.29, 0.717) is 29.5 Å². The summed E-state index contributed by atoms with van der Waals surface area (Å²) >= 11 is 0. The fourth-order valence-electron chi connectivity index (χ4n) is 8.03. The monoisotopic (exact) mass is 334 g/mol. The molecule has 0 aromatic rings. The second kappa shape index (κ2) is 5.54. The summed E-state index contributed by atoms with van der Waals surface area (Å²) < 4.78 is 0. The van der Waals surface area contributed by atoms with Crippen LogP contribution < -0.4 is 0 Å². The zero-order valence-electron chi connectivity index (χ0n) is 15.5. The van der Waals surface area contributed by atoms with Crippen LogP contribution in [0.3, 0.4) is 0 Å². The maximum Gasteiger partial charge on any atom is 0.133 e. The number of carbonyl (C=O) groups is 1. The van der Waals surface area contributed by atoms with Crippen LogP contribution in [0.2, 0.25) is 0 Å². The molecule has 136 valence electrons. The maximum absolute atomic E-state index is 12.2. The van der Waals surface area contributed by atoms with E-state index in [1.165, 1.54) is 12.8 Å². The first-order valence-corrected chi connectivity index (χ1v) is 10.1. The van der Waals surface area contributed by atoms with Crippen LogP contribution in [0.25, 0.3) is 0 Å². The molecule has 24 heavy (non-hydrogen) atoms. The highest BCUT2D eigenvalue weighted by Crippen LogP contribution is 2.67. The quantitative estimate of drug-likeness (QED) is 0.771. The molecule has 2 N–H and O–H groups in total. The first-order valence-electron chi connectivity index (χ1n) is 10.1. The topological polar surface area (TPSA) is 57.5 Å². The van der Waals surface area contributed by atoms with Crippen LogP contribution in [0.5, 0.6) is 0 Å². The molecule has 0 amide bonds. The van der Waals surface area contributed by atoms with E-state index in [4.69, 9.17) is 0 Å². The number of carbonyl (C=O) groups excluding carboxylic acids is 1. The molecule has 3 heteroatoms. The predicted molar refractivity (Wildman–Crippen MR) is 93.3 cm³/mol. The van der Waals surface area contributed by atoms with E-state index in [9.17, 15) is 15.0 Å². The number of aliphatic hydroxyl groups excluding tert-OH is 2. The van der Waals surface area contributed by atoms with E-state index in [1.54, 1.807) is 6.92 Å². The van der Waals surface area contributed by atoms with E-state index in [-0.39, 0.29) is 29.0 Å². The standard InChI is InChI=1S/C21H34O3/c1-12(22)16-6-7-17-15-5-4-13-10-14(23)8-9-20(13,2)19(15)18(24)11-21(16,17)3/h13-19,23-24H,4-11H2,1-3H3/t13?,14?,15?,16?,17?,18-,19?,20+,21-/m1/s1. The van der Waals surface area contributed by atoms with Crippen LogP contribution in [0.1, 0.15) is 72.1 Å². The van der Waals surface area contributed by atoms with Crippen molar-refractivity contribution in [3.05, 3.63) is 0 Å². The van der Waals surface area contributed by atoms with E-state index in [0.717, 1.165) is 38.5 Å². The molecule has 0 bridgehead atoms. The lowest BCUT2D eigenvalue weighted by Crippen LogP contribution is -2.59. The van der Waals surface area contributed by atoms with Crippen molar-refractivity contribution >= 4 is 5.78 Å². The van der Waals surface area contributed by atoms with Gasteiger partial charge < -0.3 is 10.2 Å². The number of rotatable bonds is 1. The zero-order valence-corrected chi connectivity index (χ0v) is 15.5. The number of fused-ring (bicyclic) bond motifs is 5. The Labute approximate surface area is 146 Å². The van der Waals surface area contributed by atoms with E-state index >= 15 is 0 Å². The molecule has 4 rings (SSSR count). The highest BCUT2D eigenvalue weighted by Gasteiger charge is 2.63. The van der Waals surface area contributed by atoms with Crippen molar-refractivity contribution in [2.75, 3.05) is 0 Å². The Bertz CT molecular complexity index is 531. The molecule has 0 spiro atoms. The third kappa shape index (κ3) is 2.19. The molecule has 6 unspecified atom stereocenters. The summed E-state index contributed by atoms with van der Waals surface area (Å²) in [7, 11) is 0. The van der Waals surface area contributed by atoms with Crippen molar-refractivity contribution in [3.8, 4) is 0 Å². The second-order valence-corrected chi connectivity index (χ2v) is 10.0. The number of ketones is 1. The summed E-state index contributed by atoms with van der Waals surface area (Å²) in [6.07, 6.45) is 7.80. The summed E-state index contributed by atoms with van der Waals surface area (Å²) in [5.41, 5.74) is 0.182. The fraction of sp³-hybridized carbons (Fsp3) is 0.952. The van der Waals surface area contributed by atoms with E-state index < -0.39 is 0 Å². The van der Waals surface area contributed by atoms with E-state index in [1.807, 2.05) is 0 Å². The second-order valence-electron chi connectivity index (χ2n) is 10.0. The van der Waals surface area contributed by atoms with Crippen LogP contribution in [-0.4, -0.2) is 28.2 Å². The molecule has 0 aromatic carbocycles. The highest BCUT2D eigenvalue weighted by molar-refractivity contribution is 5.79. The van der Waals surface area contributed by atoms with E-state index in [2.05, 4.69) is 13.8 Å². The molecular weight excluding hydrogens is 300 g/mol. The van der Waals surface area contributed by atoms with Gasteiger partial charge in [-0.2, -0.15) is 0 Å². The SMILES string of the molecule is CC(=O)C1CCC2C3CCC4CC(O)CC[C@]4(C)C3[C@H](O)C[C@]12C. The molecule has 4 saturated carbocycles. The van der Waals surface area contributed by atoms with Gasteiger partial charge in [0, 0.05) is 5.92 Å². The lowest BCUT2D eigenvalue weighted by atomic mass is 9.44. The Morgan fingerprint density at radius 2 is 1.75 bits per heavy atom. The average Bonchev–Trinajstić information content (AvgIpc) is 2.84. The van der Waals surface area contributed by atoms with Crippen molar-refractivity contribution in [1.29, 1.82) is 0 Å². The van der Waals surface area contributed by atoms with Gasteiger partial charge >= 0.3 is 0 Å². The summed E-state index contributed by atoms with van der Waals surface area (Å²) in [5, 5.41) is 21.3. The summed E-state index contributed by atoms with van der Waals surface area (Å²) in [6, 6.07) is 0. The third-order valence-corrected chi connectivity index (χ3v) is 9.06. The van der Waals surface area contributed by atoms with Crippen molar-refractivity contribution in [3.63, 3.8) is 0 Å². The lowest BCUT2D eigenvalue weighted by Gasteiger charge is -2.62. The van der Waals surface area contributed by atoms with Gasteiger partial charge in [0.25, 0.3) is 0 Å². The highest BCUT2D eigenvalue weighted by atomic mass is 16.3. The number of hydrogen-bond acceptors (Lipinski definition) is 3. The smallest absolute Gasteiger partial charge is 0.133 e. The van der Waals surface area contributed by atoms with Crippen molar-refractivity contribution in [1.82, 2.24) is 0 Å². The summed E-state index contributed by atoms with van der Waals surface area (Å²) in [6.45, 7) is 6.43. The summed E-state index contributed by atoms with van der Waals surface area (Å²) in [5.74, 6) is 2.58. The molecule has 4 aliphatic rings. The van der Waals surface area contributed by atoms with Gasteiger partial charge in [0.05, 0.1) is 12.2 Å². The minimum absolute atomic E-state index is 0.00376. The molecule has 4 fully saturated rings. The minimum atomic E-state index is -0.278. The van der Waals surface area contributed by atoms with Crippen LogP contribution in [0.4, 0.5) is 0 Å². The Kier molecular flexibility index (Phi) is 3.93. The van der Waals surface area contributed by atoms with Gasteiger partial charge in [-0.05, 0) is 92.8 Å². The third-order valence-electron chi connectivity index (χ3n) is 9.06. The molecule has 0 heterocycles. The molecule has 0 aromatic heterocycles. The van der Waals surface area contributed by atoms with Gasteiger partial charge in [-0.1, -0.05) is 13.8 Å². The molecule has 3 nitrogen and oxygen atoms in total. The maximum atomic E-state index is 12.2. The molecule has 0 saturated heterocycles. The Hall–Kier alpha value is -0.410. The predicted octanol–water partition coefficient (Wildman–Crippen LogP) is 3.57. The Morgan fingerprint density at radius 1 is 1.00 bits per heavy atom. The van der Waals surface area contributed by atoms with Gasteiger partial charge in [0.15, 0.2) is 0 Å². The van der Waals surface area contributed by atoms with Crippen LogP contribution in [0.15, 0.2) is 0 Å². The summed E-state index contributed by atoms with van der Waals surface area (Å²) in [4.78, 5) is 12.2. The van der Waals surface area contributed by atoms with Gasteiger partial charge in [0.2, 0.25) is 0 Å². The number of Topliss-reactive ketones (excluding diaryl/α,β-unsaturated/α-hetero) is 1.